The first-order valence-electron chi connectivity index (χ1n) is 9.94. The largest absolute Gasteiger partial charge is 0.442 e. The molecule has 1 amide bonds. The van der Waals surface area contributed by atoms with Crippen LogP contribution in [0.4, 0.5) is 4.79 Å². The van der Waals surface area contributed by atoms with E-state index in [0.717, 1.165) is 71.0 Å². The van der Waals surface area contributed by atoms with Gasteiger partial charge in [0.2, 0.25) is 0 Å². The zero-order chi connectivity index (χ0) is 18.6. The number of carbonyl (C=O) groups is 1. The van der Waals surface area contributed by atoms with Gasteiger partial charge in [0.25, 0.3) is 0 Å². The van der Waals surface area contributed by atoms with Gasteiger partial charge in [0, 0.05) is 45.8 Å². The van der Waals surface area contributed by atoms with E-state index in [1.807, 2.05) is 11.0 Å². The number of amides is 1. The van der Waals surface area contributed by atoms with Crippen molar-refractivity contribution in [2.24, 2.45) is 0 Å². The van der Waals surface area contributed by atoms with E-state index in [1.165, 1.54) is 5.56 Å². The summed E-state index contributed by atoms with van der Waals surface area (Å²) in [6.45, 7) is 11.8. The molecule has 6 heteroatoms. The van der Waals surface area contributed by atoms with Crippen molar-refractivity contribution in [1.82, 2.24) is 14.7 Å². The molecule has 3 saturated heterocycles. The normalized spacial score (nSPS) is 26.2. The average Bonchev–Trinajstić information content (AvgIpc) is 3.20. The lowest BCUT2D eigenvalue weighted by Gasteiger charge is -2.28. The monoisotopic (exact) mass is 371 g/mol. The second-order valence-electron chi connectivity index (χ2n) is 7.63. The molecular formula is C21H29N3O3. The maximum atomic E-state index is 12.3. The number of ether oxygens (including phenoxy) is 2. The molecule has 0 spiro atoms. The zero-order valence-corrected chi connectivity index (χ0v) is 15.9. The number of hydrogen-bond donors (Lipinski definition) is 0. The summed E-state index contributed by atoms with van der Waals surface area (Å²) in [7, 11) is 0. The van der Waals surface area contributed by atoms with E-state index in [1.54, 1.807) is 0 Å². The van der Waals surface area contributed by atoms with Crippen molar-refractivity contribution >= 4 is 12.2 Å². The Kier molecular flexibility index (Phi) is 5.76. The van der Waals surface area contributed by atoms with Crippen LogP contribution >= 0.6 is 0 Å². The Morgan fingerprint density at radius 3 is 2.81 bits per heavy atom. The molecule has 3 aliphatic rings. The molecular weight excluding hydrogens is 342 g/mol. The SMILES string of the molecule is C=Cc1cccc(CN2C[C@@H]3OC(=O)N(CCCN4CCOCC4)[C@@H]3C2)c1. The van der Waals surface area contributed by atoms with E-state index in [0.29, 0.717) is 0 Å². The Bertz CT molecular complexity index is 674. The third-order valence-corrected chi connectivity index (χ3v) is 5.77. The number of nitrogens with zero attached hydrogens (tertiary/aromatic N) is 3. The van der Waals surface area contributed by atoms with Crippen molar-refractivity contribution in [3.8, 4) is 0 Å². The van der Waals surface area contributed by atoms with Gasteiger partial charge >= 0.3 is 6.09 Å². The highest BCUT2D eigenvalue weighted by molar-refractivity contribution is 5.71. The van der Waals surface area contributed by atoms with Crippen LogP contribution in [0.1, 0.15) is 17.5 Å². The first kappa shape index (κ1) is 18.5. The molecule has 0 bridgehead atoms. The van der Waals surface area contributed by atoms with Crippen molar-refractivity contribution in [1.29, 1.82) is 0 Å². The van der Waals surface area contributed by atoms with E-state index < -0.39 is 0 Å². The second-order valence-corrected chi connectivity index (χ2v) is 7.63. The predicted molar refractivity (Wildman–Crippen MR) is 104 cm³/mol. The van der Waals surface area contributed by atoms with Gasteiger partial charge in [-0.15, -0.1) is 0 Å². The number of morpholine rings is 1. The summed E-state index contributed by atoms with van der Waals surface area (Å²) in [5, 5.41) is 0. The fraction of sp³-hybridized carbons (Fsp3) is 0.571. The third kappa shape index (κ3) is 4.34. The summed E-state index contributed by atoms with van der Waals surface area (Å²) >= 11 is 0. The number of hydrogen-bond acceptors (Lipinski definition) is 5. The first-order chi connectivity index (χ1) is 13.2. The molecule has 1 aromatic rings. The van der Waals surface area contributed by atoms with Gasteiger partial charge in [-0.3, -0.25) is 9.80 Å². The van der Waals surface area contributed by atoms with Gasteiger partial charge in [0.15, 0.2) is 0 Å². The summed E-state index contributed by atoms with van der Waals surface area (Å²) < 4.78 is 11.0. The van der Waals surface area contributed by atoms with Gasteiger partial charge < -0.3 is 14.4 Å². The Labute approximate surface area is 161 Å². The van der Waals surface area contributed by atoms with Crippen LogP contribution < -0.4 is 0 Å². The van der Waals surface area contributed by atoms with E-state index in [-0.39, 0.29) is 18.2 Å². The fourth-order valence-electron chi connectivity index (χ4n) is 4.33. The molecule has 6 nitrogen and oxygen atoms in total. The maximum absolute atomic E-state index is 12.3. The Morgan fingerprint density at radius 1 is 1.15 bits per heavy atom. The Balaban J connectivity index is 1.29. The minimum atomic E-state index is -0.139. The summed E-state index contributed by atoms with van der Waals surface area (Å²) in [6.07, 6.45) is 2.73. The molecule has 0 aliphatic carbocycles. The van der Waals surface area contributed by atoms with Gasteiger partial charge in [0.1, 0.15) is 6.10 Å². The van der Waals surface area contributed by atoms with Gasteiger partial charge in [-0.1, -0.05) is 36.9 Å². The number of rotatable bonds is 7. The van der Waals surface area contributed by atoms with Crippen LogP contribution in [0, 0.1) is 0 Å². The lowest BCUT2D eigenvalue weighted by atomic mass is 10.1. The van der Waals surface area contributed by atoms with Crippen LogP contribution in [0.15, 0.2) is 30.8 Å². The minimum Gasteiger partial charge on any atom is -0.442 e. The van der Waals surface area contributed by atoms with Crippen LogP contribution in [0.2, 0.25) is 0 Å². The average molecular weight is 371 g/mol. The zero-order valence-electron chi connectivity index (χ0n) is 15.9. The number of benzene rings is 1. The molecule has 0 saturated carbocycles. The third-order valence-electron chi connectivity index (χ3n) is 5.77. The summed E-state index contributed by atoms with van der Waals surface area (Å²) in [4.78, 5) is 19.0. The quantitative estimate of drug-likeness (QED) is 0.734. The van der Waals surface area contributed by atoms with Crippen LogP contribution in [0.5, 0.6) is 0 Å². The fourth-order valence-corrected chi connectivity index (χ4v) is 4.33. The topological polar surface area (TPSA) is 45.2 Å². The van der Waals surface area contributed by atoms with Crippen molar-refractivity contribution in [3.63, 3.8) is 0 Å². The van der Waals surface area contributed by atoms with Gasteiger partial charge in [0.05, 0.1) is 19.3 Å². The van der Waals surface area contributed by atoms with Crippen molar-refractivity contribution < 1.29 is 14.3 Å². The Hall–Kier alpha value is -1.89. The van der Waals surface area contributed by atoms with Crippen LogP contribution in [-0.2, 0) is 16.0 Å². The van der Waals surface area contributed by atoms with E-state index in [2.05, 4.69) is 40.6 Å². The molecule has 0 unspecified atom stereocenters. The highest BCUT2D eigenvalue weighted by Gasteiger charge is 2.47. The molecule has 146 valence electrons. The second kappa shape index (κ2) is 8.42. The Morgan fingerprint density at radius 2 is 2.00 bits per heavy atom. The van der Waals surface area contributed by atoms with Crippen LogP contribution in [0.25, 0.3) is 6.08 Å². The van der Waals surface area contributed by atoms with Crippen LogP contribution in [-0.4, -0.2) is 85.4 Å². The smallest absolute Gasteiger partial charge is 0.410 e. The first-order valence-corrected chi connectivity index (χ1v) is 9.94. The summed E-state index contributed by atoms with van der Waals surface area (Å²) in [6, 6.07) is 8.64. The number of likely N-dealkylation sites (tertiary alicyclic amines) is 1. The van der Waals surface area contributed by atoms with E-state index in [9.17, 15) is 4.79 Å². The highest BCUT2D eigenvalue weighted by Crippen LogP contribution is 2.28. The molecule has 3 aliphatic heterocycles. The molecule has 2 atom stereocenters. The predicted octanol–water partition coefficient (Wildman–Crippen LogP) is 2.06. The van der Waals surface area contributed by atoms with Gasteiger partial charge in [-0.05, 0) is 17.5 Å². The van der Waals surface area contributed by atoms with Gasteiger partial charge in [-0.2, -0.15) is 0 Å². The molecule has 4 rings (SSSR count). The number of fused-ring (bicyclic) bond motifs is 1. The van der Waals surface area contributed by atoms with Crippen molar-refractivity contribution in [2.75, 3.05) is 52.5 Å². The van der Waals surface area contributed by atoms with Crippen molar-refractivity contribution in [3.05, 3.63) is 42.0 Å². The highest BCUT2D eigenvalue weighted by atomic mass is 16.6. The van der Waals surface area contributed by atoms with Crippen LogP contribution in [0.3, 0.4) is 0 Å². The summed E-state index contributed by atoms with van der Waals surface area (Å²) in [5.41, 5.74) is 2.42. The van der Waals surface area contributed by atoms with Gasteiger partial charge in [-0.25, -0.2) is 4.79 Å². The molecule has 3 heterocycles. The van der Waals surface area contributed by atoms with E-state index in [4.69, 9.17) is 9.47 Å². The molecule has 3 fully saturated rings. The lowest BCUT2D eigenvalue weighted by molar-refractivity contribution is 0.0362. The maximum Gasteiger partial charge on any atom is 0.410 e. The van der Waals surface area contributed by atoms with E-state index >= 15 is 0 Å². The lowest BCUT2D eigenvalue weighted by Crippen LogP contribution is -2.41. The standard InChI is InChI=1S/C21H29N3O3/c1-2-17-5-3-6-18(13-17)14-23-15-19-20(16-23)27-21(25)24(19)8-4-7-22-9-11-26-12-10-22/h2-3,5-6,13,19-20H,1,4,7-12,14-16H2/t19-,20+/m1/s1. The molecule has 27 heavy (non-hydrogen) atoms. The summed E-state index contributed by atoms with van der Waals surface area (Å²) in [5.74, 6) is 0. The van der Waals surface area contributed by atoms with Crippen molar-refractivity contribution in [2.45, 2.75) is 25.1 Å². The molecule has 0 radical (unpaired) electrons. The minimum absolute atomic E-state index is 0.00322. The molecule has 0 N–H and O–H groups in total. The molecule has 1 aromatic carbocycles. The molecule has 0 aromatic heterocycles. The number of carbonyl (C=O) groups excluding carboxylic acids is 1.